The molecule has 0 spiro atoms. The van der Waals surface area contributed by atoms with Gasteiger partial charge in [-0.25, -0.2) is 4.98 Å². The number of benzene rings is 1. The standard InChI is InChI=1S/C10H11BrN4/c1-15-10(13-6-14-15)9(12)7-3-2-4-8(11)5-7/h2-6,9H,12H2,1H3. The monoisotopic (exact) mass is 266 g/mol. The molecule has 78 valence electrons. The van der Waals surface area contributed by atoms with Crippen molar-refractivity contribution in [1.82, 2.24) is 14.8 Å². The largest absolute Gasteiger partial charge is 0.318 e. The summed E-state index contributed by atoms with van der Waals surface area (Å²) in [6.07, 6.45) is 1.51. The highest BCUT2D eigenvalue weighted by Crippen LogP contribution is 2.20. The van der Waals surface area contributed by atoms with Crippen LogP contribution in [0.15, 0.2) is 35.1 Å². The second-order valence-electron chi connectivity index (χ2n) is 3.27. The summed E-state index contributed by atoms with van der Waals surface area (Å²) in [5.74, 6) is 0.758. The van der Waals surface area contributed by atoms with Crippen LogP contribution in [0.1, 0.15) is 17.4 Å². The number of nitrogens with two attached hydrogens (primary N) is 1. The minimum atomic E-state index is -0.241. The molecule has 0 bridgehead atoms. The van der Waals surface area contributed by atoms with E-state index in [1.165, 1.54) is 6.33 Å². The molecule has 0 saturated heterocycles. The lowest BCUT2D eigenvalue weighted by Crippen LogP contribution is -2.17. The van der Waals surface area contributed by atoms with E-state index in [-0.39, 0.29) is 6.04 Å². The van der Waals surface area contributed by atoms with Gasteiger partial charge in [0, 0.05) is 11.5 Å². The van der Waals surface area contributed by atoms with Gasteiger partial charge in [-0.15, -0.1) is 0 Å². The van der Waals surface area contributed by atoms with Gasteiger partial charge in [0.2, 0.25) is 0 Å². The smallest absolute Gasteiger partial charge is 0.148 e. The van der Waals surface area contributed by atoms with Crippen molar-refractivity contribution in [3.63, 3.8) is 0 Å². The van der Waals surface area contributed by atoms with E-state index >= 15 is 0 Å². The Bertz CT molecular complexity index is 466. The second-order valence-corrected chi connectivity index (χ2v) is 4.19. The Hall–Kier alpha value is -1.20. The van der Waals surface area contributed by atoms with Gasteiger partial charge in [-0.1, -0.05) is 28.1 Å². The van der Waals surface area contributed by atoms with E-state index in [4.69, 9.17) is 5.73 Å². The number of hydrogen-bond acceptors (Lipinski definition) is 3. The predicted octanol–water partition coefficient (Wildman–Crippen LogP) is 1.63. The Balaban J connectivity index is 2.36. The van der Waals surface area contributed by atoms with Crippen LogP contribution < -0.4 is 5.73 Å². The van der Waals surface area contributed by atoms with Gasteiger partial charge >= 0.3 is 0 Å². The first-order valence-electron chi connectivity index (χ1n) is 4.53. The zero-order valence-electron chi connectivity index (χ0n) is 8.26. The van der Waals surface area contributed by atoms with Crippen LogP contribution in [0.25, 0.3) is 0 Å². The summed E-state index contributed by atoms with van der Waals surface area (Å²) in [6, 6.07) is 7.64. The third kappa shape index (κ3) is 2.08. The van der Waals surface area contributed by atoms with E-state index in [2.05, 4.69) is 26.0 Å². The summed E-state index contributed by atoms with van der Waals surface area (Å²) in [7, 11) is 1.83. The zero-order valence-corrected chi connectivity index (χ0v) is 9.85. The van der Waals surface area contributed by atoms with Gasteiger partial charge in [-0.05, 0) is 17.7 Å². The van der Waals surface area contributed by atoms with Gasteiger partial charge < -0.3 is 5.73 Å². The number of aromatic nitrogens is 3. The zero-order chi connectivity index (χ0) is 10.8. The van der Waals surface area contributed by atoms with Crippen LogP contribution in [0.4, 0.5) is 0 Å². The molecule has 0 radical (unpaired) electrons. The fraction of sp³-hybridized carbons (Fsp3) is 0.200. The van der Waals surface area contributed by atoms with Crippen molar-refractivity contribution in [3.8, 4) is 0 Å². The highest BCUT2D eigenvalue weighted by Gasteiger charge is 2.13. The highest BCUT2D eigenvalue weighted by atomic mass is 79.9. The third-order valence-corrected chi connectivity index (χ3v) is 2.73. The molecule has 5 heteroatoms. The van der Waals surface area contributed by atoms with Gasteiger partial charge in [-0.2, -0.15) is 5.10 Å². The first kappa shape index (κ1) is 10.3. The molecule has 0 aliphatic heterocycles. The van der Waals surface area contributed by atoms with Crippen molar-refractivity contribution in [3.05, 3.63) is 46.5 Å². The minimum Gasteiger partial charge on any atom is -0.318 e. The first-order chi connectivity index (χ1) is 7.18. The van der Waals surface area contributed by atoms with E-state index in [1.807, 2.05) is 31.3 Å². The first-order valence-corrected chi connectivity index (χ1v) is 5.32. The molecule has 0 aliphatic carbocycles. The van der Waals surface area contributed by atoms with Crippen LogP contribution in [-0.4, -0.2) is 14.8 Å². The molecule has 1 heterocycles. The average molecular weight is 267 g/mol. The predicted molar refractivity (Wildman–Crippen MR) is 61.2 cm³/mol. The van der Waals surface area contributed by atoms with Gasteiger partial charge in [-0.3, -0.25) is 4.68 Å². The Morgan fingerprint density at radius 3 is 2.87 bits per heavy atom. The molecule has 1 unspecified atom stereocenters. The molecule has 0 saturated carbocycles. The molecular formula is C10H11BrN4. The fourth-order valence-electron chi connectivity index (χ4n) is 1.44. The fourth-order valence-corrected chi connectivity index (χ4v) is 1.85. The summed E-state index contributed by atoms with van der Waals surface area (Å²) < 4.78 is 2.70. The van der Waals surface area contributed by atoms with Crippen LogP contribution in [0.3, 0.4) is 0 Å². The van der Waals surface area contributed by atoms with Crippen LogP contribution in [-0.2, 0) is 7.05 Å². The molecule has 15 heavy (non-hydrogen) atoms. The van der Waals surface area contributed by atoms with Crippen molar-refractivity contribution < 1.29 is 0 Å². The van der Waals surface area contributed by atoms with E-state index < -0.39 is 0 Å². The Labute approximate surface area is 96.3 Å². The van der Waals surface area contributed by atoms with Gasteiger partial charge in [0.1, 0.15) is 12.2 Å². The quantitative estimate of drug-likeness (QED) is 0.899. The summed E-state index contributed by atoms with van der Waals surface area (Å²) in [4.78, 5) is 4.13. The Kier molecular flexibility index (Phi) is 2.83. The molecule has 0 aliphatic rings. The number of aryl methyl sites for hydroxylation is 1. The van der Waals surface area contributed by atoms with Crippen molar-refractivity contribution in [2.45, 2.75) is 6.04 Å². The number of rotatable bonds is 2. The Morgan fingerprint density at radius 1 is 1.47 bits per heavy atom. The second kappa shape index (κ2) is 4.12. The van der Waals surface area contributed by atoms with E-state index in [1.54, 1.807) is 4.68 Å². The van der Waals surface area contributed by atoms with Crippen molar-refractivity contribution in [2.24, 2.45) is 12.8 Å². The lowest BCUT2D eigenvalue weighted by atomic mass is 10.1. The molecule has 4 nitrogen and oxygen atoms in total. The number of nitrogens with zero attached hydrogens (tertiary/aromatic N) is 3. The van der Waals surface area contributed by atoms with E-state index in [0.717, 1.165) is 15.9 Å². The molecule has 2 aromatic rings. The van der Waals surface area contributed by atoms with Crippen LogP contribution in [0, 0.1) is 0 Å². The highest BCUT2D eigenvalue weighted by molar-refractivity contribution is 9.10. The summed E-state index contributed by atoms with van der Waals surface area (Å²) in [6.45, 7) is 0. The topological polar surface area (TPSA) is 56.7 Å². The molecule has 0 amide bonds. The van der Waals surface area contributed by atoms with Crippen LogP contribution in [0.2, 0.25) is 0 Å². The molecule has 2 rings (SSSR count). The molecule has 2 N–H and O–H groups in total. The summed E-state index contributed by atoms with van der Waals surface area (Å²) >= 11 is 3.41. The lowest BCUT2D eigenvalue weighted by molar-refractivity contribution is 0.659. The molecule has 0 fully saturated rings. The minimum absolute atomic E-state index is 0.241. The van der Waals surface area contributed by atoms with Crippen LogP contribution >= 0.6 is 15.9 Å². The maximum atomic E-state index is 6.09. The van der Waals surface area contributed by atoms with Gasteiger partial charge in [0.15, 0.2) is 0 Å². The van der Waals surface area contributed by atoms with Crippen molar-refractivity contribution in [1.29, 1.82) is 0 Å². The molecule has 1 aromatic heterocycles. The van der Waals surface area contributed by atoms with Crippen molar-refractivity contribution in [2.75, 3.05) is 0 Å². The van der Waals surface area contributed by atoms with Gasteiger partial charge in [0.25, 0.3) is 0 Å². The normalized spacial score (nSPS) is 12.7. The summed E-state index contributed by atoms with van der Waals surface area (Å²) in [5.41, 5.74) is 7.10. The lowest BCUT2D eigenvalue weighted by Gasteiger charge is -2.11. The summed E-state index contributed by atoms with van der Waals surface area (Å²) in [5, 5.41) is 4.00. The number of halogens is 1. The molecule has 1 atom stereocenters. The Morgan fingerprint density at radius 2 is 2.27 bits per heavy atom. The van der Waals surface area contributed by atoms with Crippen LogP contribution in [0.5, 0.6) is 0 Å². The number of hydrogen-bond donors (Lipinski definition) is 1. The van der Waals surface area contributed by atoms with E-state index in [0.29, 0.717) is 0 Å². The van der Waals surface area contributed by atoms with Crippen molar-refractivity contribution >= 4 is 15.9 Å². The molecule has 1 aromatic carbocycles. The van der Waals surface area contributed by atoms with E-state index in [9.17, 15) is 0 Å². The SMILES string of the molecule is Cn1ncnc1C(N)c1cccc(Br)c1. The maximum absolute atomic E-state index is 6.09. The maximum Gasteiger partial charge on any atom is 0.148 e. The van der Waals surface area contributed by atoms with Gasteiger partial charge in [0.05, 0.1) is 6.04 Å². The average Bonchev–Trinajstić information content (AvgIpc) is 2.63. The molecular weight excluding hydrogens is 256 g/mol. The third-order valence-electron chi connectivity index (χ3n) is 2.23.